The summed E-state index contributed by atoms with van der Waals surface area (Å²) in [7, 11) is 0. The van der Waals surface area contributed by atoms with E-state index in [1.807, 2.05) is 0 Å². The molecule has 1 aromatic heterocycles. The molecule has 1 aromatic rings. The molecule has 5 heteroatoms. The molecule has 5 nitrogen and oxygen atoms in total. The second kappa shape index (κ2) is 6.31. The maximum atomic E-state index is 8.98. The molecule has 0 aliphatic carbocycles. The molecule has 0 aromatic carbocycles. The summed E-state index contributed by atoms with van der Waals surface area (Å²) in [4.78, 5) is 2.46. The molecule has 2 rings (SSSR count). The summed E-state index contributed by atoms with van der Waals surface area (Å²) in [5, 5.41) is 20.1. The quantitative estimate of drug-likeness (QED) is 0.873. The first-order valence-electron chi connectivity index (χ1n) is 6.50. The summed E-state index contributed by atoms with van der Waals surface area (Å²) < 4.78 is 0. The minimum atomic E-state index is 0.270. The van der Waals surface area contributed by atoms with E-state index in [-0.39, 0.29) is 6.04 Å². The topological polar surface area (TPSA) is 64.8 Å². The van der Waals surface area contributed by atoms with Crippen LogP contribution in [0.15, 0.2) is 12.3 Å². The van der Waals surface area contributed by atoms with E-state index in [1.54, 1.807) is 12.3 Å². The van der Waals surface area contributed by atoms with Crippen LogP contribution in [0.5, 0.6) is 0 Å². The van der Waals surface area contributed by atoms with E-state index in [1.165, 1.54) is 32.4 Å². The second-order valence-corrected chi connectivity index (χ2v) is 4.81. The smallest absolute Gasteiger partial charge is 0.166 e. The SMILES string of the molecule is CC(CN1CCCCC1)Nc1nnccc1C#N. The Bertz CT molecular complexity index is 420. The summed E-state index contributed by atoms with van der Waals surface area (Å²) in [6.45, 7) is 5.46. The molecule has 1 unspecified atom stereocenters. The standard InChI is InChI=1S/C13H19N5/c1-11(10-18-7-3-2-4-8-18)16-13-12(9-14)5-6-15-17-13/h5-6,11H,2-4,7-8,10H2,1H3,(H,16,17). The van der Waals surface area contributed by atoms with E-state index in [0.29, 0.717) is 11.4 Å². The largest absolute Gasteiger partial charge is 0.364 e. The highest BCUT2D eigenvalue weighted by molar-refractivity contribution is 5.50. The third kappa shape index (κ3) is 3.41. The van der Waals surface area contributed by atoms with E-state index in [9.17, 15) is 0 Å². The minimum absolute atomic E-state index is 0.270. The van der Waals surface area contributed by atoms with E-state index in [2.05, 4.69) is 33.4 Å². The monoisotopic (exact) mass is 245 g/mol. The summed E-state index contributed by atoms with van der Waals surface area (Å²) in [5.74, 6) is 0.588. The van der Waals surface area contributed by atoms with Crippen molar-refractivity contribution in [1.82, 2.24) is 15.1 Å². The highest BCUT2D eigenvalue weighted by Gasteiger charge is 2.14. The molecule has 1 atom stereocenters. The Labute approximate surface area is 108 Å². The van der Waals surface area contributed by atoms with Gasteiger partial charge in [-0.2, -0.15) is 10.4 Å². The first-order valence-corrected chi connectivity index (χ1v) is 6.50. The van der Waals surface area contributed by atoms with Gasteiger partial charge in [0.2, 0.25) is 0 Å². The normalized spacial score (nSPS) is 18.0. The lowest BCUT2D eigenvalue weighted by molar-refractivity contribution is 0.223. The molecule has 2 heterocycles. The van der Waals surface area contributed by atoms with Crippen LogP contribution >= 0.6 is 0 Å². The van der Waals surface area contributed by atoms with Crippen LogP contribution in [0.3, 0.4) is 0 Å². The van der Waals surface area contributed by atoms with Gasteiger partial charge in [-0.15, -0.1) is 5.10 Å². The highest BCUT2D eigenvalue weighted by Crippen LogP contribution is 2.12. The zero-order valence-corrected chi connectivity index (χ0v) is 10.8. The number of nitrogens with one attached hydrogen (secondary N) is 1. The fraction of sp³-hybridized carbons (Fsp3) is 0.615. The minimum Gasteiger partial charge on any atom is -0.364 e. The van der Waals surface area contributed by atoms with Gasteiger partial charge in [-0.1, -0.05) is 6.42 Å². The molecule has 0 radical (unpaired) electrons. The fourth-order valence-corrected chi connectivity index (χ4v) is 2.34. The van der Waals surface area contributed by atoms with Crippen LogP contribution in [0.2, 0.25) is 0 Å². The molecule has 0 spiro atoms. The number of hydrogen-bond donors (Lipinski definition) is 1. The third-order valence-electron chi connectivity index (χ3n) is 3.21. The maximum absolute atomic E-state index is 8.98. The molecule has 1 aliphatic heterocycles. The molecule has 1 N–H and O–H groups in total. The van der Waals surface area contributed by atoms with Crippen molar-refractivity contribution >= 4 is 5.82 Å². The number of piperidine rings is 1. The molecule has 1 saturated heterocycles. The second-order valence-electron chi connectivity index (χ2n) is 4.81. The third-order valence-corrected chi connectivity index (χ3v) is 3.21. The Hall–Kier alpha value is -1.67. The van der Waals surface area contributed by atoms with Crippen molar-refractivity contribution in [2.45, 2.75) is 32.2 Å². The van der Waals surface area contributed by atoms with Gasteiger partial charge in [0, 0.05) is 12.6 Å². The van der Waals surface area contributed by atoms with Crippen molar-refractivity contribution in [3.63, 3.8) is 0 Å². The van der Waals surface area contributed by atoms with Gasteiger partial charge in [-0.25, -0.2) is 0 Å². The van der Waals surface area contributed by atoms with E-state index in [4.69, 9.17) is 5.26 Å². The lowest BCUT2D eigenvalue weighted by Crippen LogP contribution is -2.38. The van der Waals surface area contributed by atoms with Crippen LogP contribution in [0.4, 0.5) is 5.82 Å². The predicted octanol–water partition coefficient (Wildman–Crippen LogP) is 1.63. The number of nitrogens with zero attached hydrogens (tertiary/aromatic N) is 4. The summed E-state index contributed by atoms with van der Waals surface area (Å²) in [6, 6.07) is 4.08. The van der Waals surface area contributed by atoms with Crippen LogP contribution in [-0.4, -0.2) is 40.8 Å². The van der Waals surface area contributed by atoms with Crippen molar-refractivity contribution in [3.8, 4) is 6.07 Å². The van der Waals surface area contributed by atoms with Crippen molar-refractivity contribution < 1.29 is 0 Å². The Morgan fingerprint density at radius 3 is 2.94 bits per heavy atom. The van der Waals surface area contributed by atoms with Gasteiger partial charge in [0.25, 0.3) is 0 Å². The Morgan fingerprint density at radius 1 is 1.44 bits per heavy atom. The molecule has 0 bridgehead atoms. The number of anilines is 1. The van der Waals surface area contributed by atoms with Crippen LogP contribution in [0.1, 0.15) is 31.7 Å². The Morgan fingerprint density at radius 2 is 2.22 bits per heavy atom. The van der Waals surface area contributed by atoms with Crippen molar-refractivity contribution in [3.05, 3.63) is 17.8 Å². The number of nitriles is 1. The van der Waals surface area contributed by atoms with Gasteiger partial charge in [0.05, 0.1) is 11.8 Å². The Kier molecular flexibility index (Phi) is 4.48. The molecule has 96 valence electrons. The summed E-state index contributed by atoms with van der Waals surface area (Å²) >= 11 is 0. The number of aromatic nitrogens is 2. The summed E-state index contributed by atoms with van der Waals surface area (Å²) in [5.41, 5.74) is 0.551. The lowest BCUT2D eigenvalue weighted by Gasteiger charge is -2.29. The van der Waals surface area contributed by atoms with Crippen LogP contribution in [0, 0.1) is 11.3 Å². The Balaban J connectivity index is 1.90. The predicted molar refractivity (Wildman–Crippen MR) is 70.1 cm³/mol. The van der Waals surface area contributed by atoms with E-state index in [0.717, 1.165) is 6.54 Å². The first-order chi connectivity index (χ1) is 8.79. The van der Waals surface area contributed by atoms with Crippen LogP contribution in [0.25, 0.3) is 0 Å². The van der Waals surface area contributed by atoms with Gasteiger partial charge in [-0.3, -0.25) is 0 Å². The molecule has 1 fully saturated rings. The van der Waals surface area contributed by atoms with Gasteiger partial charge < -0.3 is 10.2 Å². The molecular formula is C13H19N5. The van der Waals surface area contributed by atoms with Gasteiger partial charge in [0.1, 0.15) is 6.07 Å². The molecular weight excluding hydrogens is 226 g/mol. The van der Waals surface area contributed by atoms with Gasteiger partial charge in [0.15, 0.2) is 5.82 Å². The number of rotatable bonds is 4. The molecule has 0 saturated carbocycles. The number of likely N-dealkylation sites (tertiary alicyclic amines) is 1. The van der Waals surface area contributed by atoms with E-state index >= 15 is 0 Å². The molecule has 0 amide bonds. The zero-order valence-electron chi connectivity index (χ0n) is 10.8. The van der Waals surface area contributed by atoms with Gasteiger partial charge >= 0.3 is 0 Å². The maximum Gasteiger partial charge on any atom is 0.166 e. The first kappa shape index (κ1) is 12.8. The van der Waals surface area contributed by atoms with Crippen molar-refractivity contribution in [1.29, 1.82) is 5.26 Å². The highest BCUT2D eigenvalue weighted by atomic mass is 15.2. The van der Waals surface area contributed by atoms with Crippen LogP contribution in [-0.2, 0) is 0 Å². The zero-order chi connectivity index (χ0) is 12.8. The van der Waals surface area contributed by atoms with Gasteiger partial charge in [-0.05, 0) is 38.9 Å². The van der Waals surface area contributed by atoms with Crippen LogP contribution < -0.4 is 5.32 Å². The lowest BCUT2D eigenvalue weighted by atomic mass is 10.1. The summed E-state index contributed by atoms with van der Waals surface area (Å²) in [6.07, 6.45) is 5.47. The van der Waals surface area contributed by atoms with Crippen molar-refractivity contribution in [2.75, 3.05) is 25.0 Å². The molecule has 1 aliphatic rings. The molecule has 18 heavy (non-hydrogen) atoms. The fourth-order valence-electron chi connectivity index (χ4n) is 2.34. The number of hydrogen-bond acceptors (Lipinski definition) is 5. The average Bonchev–Trinajstić information content (AvgIpc) is 2.40. The van der Waals surface area contributed by atoms with E-state index < -0.39 is 0 Å². The average molecular weight is 245 g/mol. The van der Waals surface area contributed by atoms with Crippen molar-refractivity contribution in [2.24, 2.45) is 0 Å².